The smallest absolute Gasteiger partial charge is 0.230 e. The van der Waals surface area contributed by atoms with E-state index >= 15 is 0 Å². The van der Waals surface area contributed by atoms with Crippen molar-refractivity contribution in [3.63, 3.8) is 0 Å². The predicted octanol–water partition coefficient (Wildman–Crippen LogP) is 4.09. The molecule has 1 aromatic carbocycles. The van der Waals surface area contributed by atoms with E-state index in [4.69, 9.17) is 4.74 Å². The van der Waals surface area contributed by atoms with E-state index < -0.39 is 0 Å². The Morgan fingerprint density at radius 3 is 2.38 bits per heavy atom. The van der Waals surface area contributed by atoms with E-state index in [2.05, 4.69) is 10.2 Å². The standard InChI is InChI=1S/C21H32N2O2S/c1-25-18-8-10-19(11-9-18)26-16-20(24)22-17-21(12-4-2-5-13-21)23-14-6-3-7-15-23/h8-11H,2-7,12-17H2,1H3,(H,22,24). The zero-order valence-corrected chi connectivity index (χ0v) is 16.8. The number of amides is 1. The maximum atomic E-state index is 12.4. The molecule has 3 rings (SSSR count). The van der Waals surface area contributed by atoms with Gasteiger partial charge < -0.3 is 10.1 Å². The van der Waals surface area contributed by atoms with Crippen LogP contribution in [0.3, 0.4) is 0 Å². The van der Waals surface area contributed by atoms with Crippen molar-refractivity contribution in [2.75, 3.05) is 32.5 Å². The van der Waals surface area contributed by atoms with Crippen LogP contribution in [0.15, 0.2) is 29.2 Å². The average Bonchev–Trinajstić information content (AvgIpc) is 2.72. The van der Waals surface area contributed by atoms with Crippen LogP contribution < -0.4 is 10.1 Å². The van der Waals surface area contributed by atoms with Crippen LogP contribution in [0.2, 0.25) is 0 Å². The van der Waals surface area contributed by atoms with Gasteiger partial charge in [0.2, 0.25) is 5.91 Å². The first kappa shape index (κ1) is 19.6. The number of carbonyl (C=O) groups is 1. The Morgan fingerprint density at radius 1 is 1.08 bits per heavy atom. The highest BCUT2D eigenvalue weighted by atomic mass is 32.2. The molecule has 1 amide bonds. The third-order valence-electron chi connectivity index (χ3n) is 5.86. The van der Waals surface area contributed by atoms with E-state index in [1.807, 2.05) is 24.3 Å². The van der Waals surface area contributed by atoms with Crippen molar-refractivity contribution in [1.82, 2.24) is 10.2 Å². The maximum Gasteiger partial charge on any atom is 0.230 e. The largest absolute Gasteiger partial charge is 0.497 e. The number of thioether (sulfide) groups is 1. The van der Waals surface area contributed by atoms with Gasteiger partial charge in [0.05, 0.1) is 12.9 Å². The minimum Gasteiger partial charge on any atom is -0.497 e. The molecule has 1 aromatic rings. The maximum absolute atomic E-state index is 12.4. The summed E-state index contributed by atoms with van der Waals surface area (Å²) in [4.78, 5) is 16.2. The summed E-state index contributed by atoms with van der Waals surface area (Å²) in [5.41, 5.74) is 0.207. The van der Waals surface area contributed by atoms with Crippen molar-refractivity contribution in [2.45, 2.75) is 61.8 Å². The van der Waals surface area contributed by atoms with Gasteiger partial charge >= 0.3 is 0 Å². The van der Waals surface area contributed by atoms with Crippen LogP contribution >= 0.6 is 11.8 Å². The van der Waals surface area contributed by atoms with E-state index in [0.29, 0.717) is 5.75 Å². The van der Waals surface area contributed by atoms with Crippen molar-refractivity contribution in [1.29, 1.82) is 0 Å². The second kappa shape index (κ2) is 9.65. The van der Waals surface area contributed by atoms with Gasteiger partial charge in [-0.25, -0.2) is 0 Å². The summed E-state index contributed by atoms with van der Waals surface area (Å²) < 4.78 is 5.18. The molecule has 1 heterocycles. The van der Waals surface area contributed by atoms with E-state index in [-0.39, 0.29) is 11.4 Å². The van der Waals surface area contributed by atoms with Crippen LogP contribution in [-0.4, -0.2) is 48.8 Å². The van der Waals surface area contributed by atoms with Crippen molar-refractivity contribution < 1.29 is 9.53 Å². The van der Waals surface area contributed by atoms with E-state index in [9.17, 15) is 4.79 Å². The van der Waals surface area contributed by atoms with Gasteiger partial charge in [0.1, 0.15) is 5.75 Å². The van der Waals surface area contributed by atoms with Gasteiger partial charge in [0.25, 0.3) is 0 Å². The van der Waals surface area contributed by atoms with Gasteiger partial charge in [0.15, 0.2) is 0 Å². The van der Waals surface area contributed by atoms with Crippen molar-refractivity contribution >= 4 is 17.7 Å². The fourth-order valence-electron chi connectivity index (χ4n) is 4.32. The molecule has 1 saturated heterocycles. The third kappa shape index (κ3) is 5.17. The Morgan fingerprint density at radius 2 is 1.73 bits per heavy atom. The monoisotopic (exact) mass is 376 g/mol. The molecule has 26 heavy (non-hydrogen) atoms. The highest BCUT2D eigenvalue weighted by Gasteiger charge is 2.38. The molecule has 1 aliphatic heterocycles. The first-order chi connectivity index (χ1) is 12.7. The summed E-state index contributed by atoms with van der Waals surface area (Å²) in [6.07, 6.45) is 10.4. The lowest BCUT2D eigenvalue weighted by Crippen LogP contribution is -2.58. The van der Waals surface area contributed by atoms with Gasteiger partial charge in [-0.2, -0.15) is 0 Å². The molecule has 0 unspecified atom stereocenters. The average molecular weight is 377 g/mol. The number of carbonyl (C=O) groups excluding carboxylic acids is 1. The Hall–Kier alpha value is -1.20. The van der Waals surface area contributed by atoms with Crippen LogP contribution in [0.1, 0.15) is 51.4 Å². The number of rotatable bonds is 7. The topological polar surface area (TPSA) is 41.6 Å². The number of nitrogens with one attached hydrogen (secondary N) is 1. The Balaban J connectivity index is 1.50. The SMILES string of the molecule is COc1ccc(SCC(=O)NCC2(N3CCCCC3)CCCCC2)cc1. The molecule has 144 valence electrons. The fraction of sp³-hybridized carbons (Fsp3) is 0.667. The Labute approximate surface area is 162 Å². The van der Waals surface area contributed by atoms with Gasteiger partial charge in [0, 0.05) is 17.0 Å². The number of hydrogen-bond donors (Lipinski definition) is 1. The highest BCUT2D eigenvalue weighted by Crippen LogP contribution is 2.35. The van der Waals surface area contributed by atoms with Crippen LogP contribution in [0.5, 0.6) is 5.75 Å². The van der Waals surface area contributed by atoms with E-state index in [1.54, 1.807) is 18.9 Å². The molecular weight excluding hydrogens is 344 g/mol. The van der Waals surface area contributed by atoms with Crippen LogP contribution in [-0.2, 0) is 4.79 Å². The molecule has 5 heteroatoms. The molecule has 2 fully saturated rings. The summed E-state index contributed by atoms with van der Waals surface area (Å²) in [6, 6.07) is 7.89. The lowest BCUT2D eigenvalue weighted by molar-refractivity contribution is -0.119. The quantitative estimate of drug-likeness (QED) is 0.728. The van der Waals surface area contributed by atoms with Crippen molar-refractivity contribution in [2.24, 2.45) is 0 Å². The van der Waals surface area contributed by atoms with Crippen molar-refractivity contribution in [3.05, 3.63) is 24.3 Å². The molecule has 1 N–H and O–H groups in total. The summed E-state index contributed by atoms with van der Waals surface area (Å²) in [7, 11) is 1.67. The molecule has 0 atom stereocenters. The molecule has 2 aliphatic rings. The zero-order valence-electron chi connectivity index (χ0n) is 16.0. The van der Waals surface area contributed by atoms with Gasteiger partial charge in [-0.15, -0.1) is 11.8 Å². The number of nitrogens with zero attached hydrogens (tertiary/aromatic N) is 1. The van der Waals surface area contributed by atoms with Gasteiger partial charge in [-0.05, 0) is 63.0 Å². The van der Waals surface area contributed by atoms with Gasteiger partial charge in [-0.1, -0.05) is 25.7 Å². The number of benzene rings is 1. The molecule has 1 saturated carbocycles. The first-order valence-corrected chi connectivity index (χ1v) is 11.0. The van der Waals surface area contributed by atoms with Crippen molar-refractivity contribution in [3.8, 4) is 5.75 Å². The molecule has 0 spiro atoms. The molecule has 0 radical (unpaired) electrons. The Kier molecular flexibility index (Phi) is 7.26. The predicted molar refractivity (Wildman–Crippen MR) is 108 cm³/mol. The minimum atomic E-state index is 0.146. The molecule has 0 aromatic heterocycles. The zero-order chi connectivity index (χ0) is 18.2. The second-order valence-corrected chi connectivity index (χ2v) is 8.62. The molecule has 1 aliphatic carbocycles. The number of piperidine rings is 1. The third-order valence-corrected chi connectivity index (χ3v) is 6.87. The molecule has 0 bridgehead atoms. The number of likely N-dealkylation sites (tertiary alicyclic amines) is 1. The fourth-order valence-corrected chi connectivity index (χ4v) is 5.05. The van der Waals surface area contributed by atoms with E-state index in [1.165, 1.54) is 64.5 Å². The Bertz CT molecular complexity index is 564. The molecule has 4 nitrogen and oxygen atoms in total. The number of methoxy groups -OCH3 is 1. The van der Waals surface area contributed by atoms with Gasteiger partial charge in [-0.3, -0.25) is 9.69 Å². The first-order valence-electron chi connectivity index (χ1n) is 10.0. The number of ether oxygens (including phenoxy) is 1. The minimum absolute atomic E-state index is 0.146. The van der Waals surface area contributed by atoms with Crippen LogP contribution in [0.25, 0.3) is 0 Å². The van der Waals surface area contributed by atoms with Crippen LogP contribution in [0, 0.1) is 0 Å². The summed E-state index contributed by atoms with van der Waals surface area (Å²) >= 11 is 1.59. The van der Waals surface area contributed by atoms with E-state index in [0.717, 1.165) is 17.2 Å². The lowest BCUT2D eigenvalue weighted by Gasteiger charge is -2.48. The lowest BCUT2D eigenvalue weighted by atomic mass is 9.79. The van der Waals surface area contributed by atoms with Crippen LogP contribution in [0.4, 0.5) is 0 Å². The summed E-state index contributed by atoms with van der Waals surface area (Å²) in [5.74, 6) is 1.47. The summed E-state index contributed by atoms with van der Waals surface area (Å²) in [5, 5.41) is 3.26. The molecular formula is C21H32N2O2S. The second-order valence-electron chi connectivity index (χ2n) is 7.57. The summed E-state index contributed by atoms with van der Waals surface area (Å²) in [6.45, 7) is 3.22. The highest BCUT2D eigenvalue weighted by molar-refractivity contribution is 8.00. The number of hydrogen-bond acceptors (Lipinski definition) is 4. The normalized spacial score (nSPS) is 20.5.